The van der Waals surface area contributed by atoms with Gasteiger partial charge in [0.25, 0.3) is 5.91 Å². The lowest BCUT2D eigenvalue weighted by atomic mass is 9.79. The second-order valence-electron chi connectivity index (χ2n) is 9.39. The summed E-state index contributed by atoms with van der Waals surface area (Å²) < 4.78 is 16.5. The number of primary amides is 1. The molecule has 1 aliphatic rings. The van der Waals surface area contributed by atoms with Gasteiger partial charge in [0.15, 0.2) is 5.82 Å². The van der Waals surface area contributed by atoms with Crippen molar-refractivity contribution in [2.75, 3.05) is 11.9 Å². The van der Waals surface area contributed by atoms with Crippen LogP contribution in [0.5, 0.6) is 0 Å². The molecule has 11 nitrogen and oxygen atoms in total. The number of anilines is 2. The average molecular weight is 495 g/mol. The third-order valence-electron chi connectivity index (χ3n) is 6.57. The van der Waals surface area contributed by atoms with Crippen LogP contribution in [0.25, 0.3) is 0 Å². The predicted octanol–water partition coefficient (Wildman–Crippen LogP) is 3.32. The highest BCUT2D eigenvalue weighted by molar-refractivity contribution is 5.98. The Morgan fingerprint density at radius 1 is 1.33 bits per heavy atom. The van der Waals surface area contributed by atoms with E-state index in [1.165, 1.54) is 40.0 Å². The van der Waals surface area contributed by atoms with Crippen LogP contribution in [0.3, 0.4) is 0 Å². The Labute approximate surface area is 206 Å². The molecule has 2 amide bonds. The van der Waals surface area contributed by atoms with Crippen molar-refractivity contribution >= 4 is 23.5 Å². The molecule has 0 radical (unpaired) electrons. The molecule has 0 saturated carbocycles. The zero-order chi connectivity index (χ0) is 26.0. The maximum atomic E-state index is 13.3. The second kappa shape index (κ2) is 9.69. The van der Waals surface area contributed by atoms with E-state index in [1.807, 2.05) is 13.8 Å². The molecule has 3 atom stereocenters. The topological polar surface area (TPSA) is 155 Å². The van der Waals surface area contributed by atoms with E-state index in [2.05, 4.69) is 21.6 Å². The number of benzene rings is 1. The molecule has 1 aromatic carbocycles. The van der Waals surface area contributed by atoms with Gasteiger partial charge in [-0.1, -0.05) is 0 Å². The molecule has 0 spiro atoms. The summed E-state index contributed by atoms with van der Waals surface area (Å²) in [6, 6.07) is 8.44. The number of carbonyl (C=O) groups excluding carboxylic acids is 1. The van der Waals surface area contributed by atoms with E-state index in [0.717, 1.165) is 0 Å². The molecular weight excluding hydrogens is 467 g/mol. The molecule has 36 heavy (non-hydrogen) atoms. The Bertz CT molecular complexity index is 1280. The first-order chi connectivity index (χ1) is 17.1. The van der Waals surface area contributed by atoms with Crippen LogP contribution in [0.15, 0.2) is 48.9 Å². The maximum Gasteiger partial charge on any atom is 0.407 e. The molecule has 0 bridgehead atoms. The van der Waals surface area contributed by atoms with E-state index in [9.17, 15) is 24.3 Å². The van der Waals surface area contributed by atoms with Gasteiger partial charge in [0.2, 0.25) is 0 Å². The summed E-state index contributed by atoms with van der Waals surface area (Å²) in [6.07, 6.45) is 4.46. The molecule has 1 saturated heterocycles. The van der Waals surface area contributed by atoms with Crippen LogP contribution in [0.4, 0.5) is 20.7 Å². The molecule has 1 fully saturated rings. The number of nitrogens with one attached hydrogen (secondary N) is 1. The van der Waals surface area contributed by atoms with Gasteiger partial charge >= 0.3 is 6.09 Å². The van der Waals surface area contributed by atoms with Crippen LogP contribution in [0.1, 0.15) is 43.1 Å². The lowest BCUT2D eigenvalue weighted by molar-refractivity contribution is 0.0452. The molecule has 4 N–H and O–H groups in total. The van der Waals surface area contributed by atoms with Crippen LogP contribution in [-0.2, 0) is 5.54 Å². The average Bonchev–Trinajstić information content (AvgIpc) is 3.51. The zero-order valence-electron chi connectivity index (χ0n) is 19.9. The number of halogens is 1. The highest BCUT2D eigenvalue weighted by atomic mass is 19.1. The fraction of sp³-hybridized carbons (Fsp3) is 0.375. The predicted molar refractivity (Wildman–Crippen MR) is 128 cm³/mol. The maximum absolute atomic E-state index is 13.3. The molecule has 4 rings (SSSR count). The van der Waals surface area contributed by atoms with Crippen molar-refractivity contribution in [3.8, 4) is 6.07 Å². The van der Waals surface area contributed by atoms with Crippen molar-refractivity contribution in [2.24, 2.45) is 11.7 Å². The fourth-order valence-corrected chi connectivity index (χ4v) is 4.75. The summed E-state index contributed by atoms with van der Waals surface area (Å²) in [7, 11) is 0. The number of amides is 2. The number of carbonyl (C=O) groups is 2. The Hall–Kier alpha value is -4.40. The van der Waals surface area contributed by atoms with Gasteiger partial charge in [-0.2, -0.15) is 15.5 Å². The van der Waals surface area contributed by atoms with E-state index in [4.69, 9.17) is 5.73 Å². The molecule has 2 aromatic heterocycles. The van der Waals surface area contributed by atoms with Crippen molar-refractivity contribution in [1.82, 2.24) is 24.5 Å². The number of rotatable bonds is 7. The number of aromatic nitrogens is 4. The summed E-state index contributed by atoms with van der Waals surface area (Å²) in [5.41, 5.74) is 5.61. The van der Waals surface area contributed by atoms with Gasteiger partial charge in [0, 0.05) is 30.8 Å². The lowest BCUT2D eigenvalue weighted by Crippen LogP contribution is -2.54. The Morgan fingerprint density at radius 3 is 2.64 bits per heavy atom. The SMILES string of the molecule is CC(C)(CC1C(C#N)C(n2cc(C(N)=O)c(Nc3ccc(F)cc3)n2)CCN1C(=O)O)n1cccn1. The number of carboxylic acid groups (broad SMARTS) is 1. The fourth-order valence-electron chi connectivity index (χ4n) is 4.75. The number of nitrogens with two attached hydrogens (primary N) is 1. The van der Waals surface area contributed by atoms with Gasteiger partial charge < -0.3 is 21.1 Å². The molecule has 3 heterocycles. The summed E-state index contributed by atoms with van der Waals surface area (Å²) in [5.74, 6) is -1.73. The van der Waals surface area contributed by atoms with Crippen molar-refractivity contribution in [1.29, 1.82) is 5.26 Å². The van der Waals surface area contributed by atoms with Crippen molar-refractivity contribution in [2.45, 2.75) is 44.3 Å². The van der Waals surface area contributed by atoms with Crippen LogP contribution < -0.4 is 11.1 Å². The van der Waals surface area contributed by atoms with Crippen molar-refractivity contribution in [3.63, 3.8) is 0 Å². The van der Waals surface area contributed by atoms with E-state index >= 15 is 0 Å². The first kappa shape index (κ1) is 24.7. The number of nitrogens with zero attached hydrogens (tertiary/aromatic N) is 6. The normalized spacial score (nSPS) is 20.1. The second-order valence-corrected chi connectivity index (χ2v) is 9.39. The van der Waals surface area contributed by atoms with Crippen molar-refractivity contribution < 1.29 is 19.1 Å². The number of likely N-dealkylation sites (tertiary alicyclic amines) is 1. The van der Waals surface area contributed by atoms with Gasteiger partial charge in [-0.3, -0.25) is 14.2 Å². The first-order valence-electron chi connectivity index (χ1n) is 11.4. The quantitative estimate of drug-likeness (QED) is 0.455. The highest BCUT2D eigenvalue weighted by Crippen LogP contribution is 2.38. The van der Waals surface area contributed by atoms with E-state index in [0.29, 0.717) is 18.5 Å². The van der Waals surface area contributed by atoms with Crippen LogP contribution in [0, 0.1) is 23.1 Å². The third-order valence-corrected chi connectivity index (χ3v) is 6.57. The standard InChI is InChI=1S/C24H27FN8O3/c1-24(2,33-10-3-9-28-33)12-20-17(13-26)19(8-11-31(20)23(35)36)32-14-18(21(27)34)22(30-32)29-16-6-4-15(25)5-7-16/h3-7,9-10,14,17,19-20H,8,11-12H2,1-2H3,(H2,27,34)(H,29,30)(H,35,36). The minimum atomic E-state index is -1.10. The van der Waals surface area contributed by atoms with Crippen LogP contribution in [-0.4, -0.2) is 54.2 Å². The smallest absolute Gasteiger partial charge is 0.407 e. The summed E-state index contributed by atoms with van der Waals surface area (Å²) in [4.78, 5) is 25.5. The van der Waals surface area contributed by atoms with Crippen LogP contribution in [0.2, 0.25) is 0 Å². The number of hydrogen-bond acceptors (Lipinski definition) is 6. The number of piperidine rings is 1. The molecular formula is C24H27FN8O3. The van der Waals surface area contributed by atoms with Crippen molar-refractivity contribution in [3.05, 3.63) is 60.3 Å². The monoisotopic (exact) mass is 494 g/mol. The highest BCUT2D eigenvalue weighted by Gasteiger charge is 2.45. The third kappa shape index (κ3) is 4.86. The Morgan fingerprint density at radius 2 is 2.06 bits per heavy atom. The minimum Gasteiger partial charge on any atom is -0.465 e. The minimum absolute atomic E-state index is 0.102. The summed E-state index contributed by atoms with van der Waals surface area (Å²) in [6.45, 7) is 4.05. The molecule has 3 aromatic rings. The molecule has 0 aliphatic carbocycles. The Balaban J connectivity index is 1.67. The van der Waals surface area contributed by atoms with E-state index < -0.39 is 41.4 Å². The molecule has 12 heteroatoms. The van der Waals surface area contributed by atoms with Gasteiger partial charge in [-0.05, 0) is 57.0 Å². The molecule has 188 valence electrons. The van der Waals surface area contributed by atoms with Crippen LogP contribution >= 0.6 is 0 Å². The molecule has 3 unspecified atom stereocenters. The first-order valence-corrected chi connectivity index (χ1v) is 11.4. The summed E-state index contributed by atoms with van der Waals surface area (Å²) >= 11 is 0. The van der Waals surface area contributed by atoms with Gasteiger partial charge in [0.1, 0.15) is 11.4 Å². The molecule has 1 aliphatic heterocycles. The number of hydrogen-bond donors (Lipinski definition) is 3. The van der Waals surface area contributed by atoms with E-state index in [-0.39, 0.29) is 17.9 Å². The lowest BCUT2D eigenvalue weighted by Gasteiger charge is -2.44. The van der Waals surface area contributed by atoms with Gasteiger partial charge in [-0.25, -0.2) is 9.18 Å². The Kier molecular flexibility index (Phi) is 6.65. The van der Waals surface area contributed by atoms with Gasteiger partial charge in [0.05, 0.1) is 29.6 Å². The summed E-state index contributed by atoms with van der Waals surface area (Å²) in [5, 5.41) is 31.8. The number of nitriles is 1. The zero-order valence-corrected chi connectivity index (χ0v) is 19.9. The van der Waals surface area contributed by atoms with Gasteiger partial charge in [-0.15, -0.1) is 0 Å². The van der Waals surface area contributed by atoms with E-state index in [1.54, 1.807) is 23.1 Å². The largest absolute Gasteiger partial charge is 0.465 e.